The molecule has 0 bridgehead atoms. The van der Waals surface area contributed by atoms with Gasteiger partial charge in [-0.05, 0) is 127 Å². The summed E-state index contributed by atoms with van der Waals surface area (Å²) in [5.41, 5.74) is 20.4. The van der Waals surface area contributed by atoms with Gasteiger partial charge in [-0.2, -0.15) is 0 Å². The number of nitrogens with zero attached hydrogens (tertiary/aromatic N) is 5. The molecule has 1 heterocycles. The van der Waals surface area contributed by atoms with Crippen LogP contribution in [-0.4, -0.2) is 41.8 Å². The molecule has 0 N–H and O–H groups in total. The predicted octanol–water partition coefficient (Wildman–Crippen LogP) is 24.0. The number of nitro benzene ring substituents is 1. The van der Waals surface area contributed by atoms with Crippen molar-refractivity contribution < 1.29 is 23.2 Å². The van der Waals surface area contributed by atoms with Crippen LogP contribution in [0.2, 0.25) is 0 Å². The van der Waals surface area contributed by atoms with Gasteiger partial charge >= 0.3 is 112 Å². The van der Waals surface area contributed by atoms with Crippen molar-refractivity contribution in [2.75, 3.05) is 45.8 Å². The van der Waals surface area contributed by atoms with E-state index in [0.29, 0.717) is 35.0 Å². The van der Waals surface area contributed by atoms with Gasteiger partial charge in [0.2, 0.25) is 0 Å². The van der Waals surface area contributed by atoms with Crippen LogP contribution in [0.1, 0.15) is 165 Å². The first-order valence-corrected chi connectivity index (χ1v) is 42.0. The Balaban J connectivity index is 0.000000561. The minimum absolute atomic E-state index is 0.00360. The summed E-state index contributed by atoms with van der Waals surface area (Å²) in [6, 6.07) is 105. The van der Waals surface area contributed by atoms with Crippen molar-refractivity contribution in [1.29, 1.82) is 0 Å². The Morgan fingerprint density at radius 2 is 0.644 bits per heavy atom. The van der Waals surface area contributed by atoms with Crippen molar-refractivity contribution in [3.63, 3.8) is 0 Å². The summed E-state index contributed by atoms with van der Waals surface area (Å²) in [5.74, 6) is 1.85. The number of non-ortho nitro benzene ring substituents is 1. The minimum atomic E-state index is -2.05. The molecule has 0 aliphatic carbocycles. The average molecular weight is 1510 g/mol. The van der Waals surface area contributed by atoms with Crippen molar-refractivity contribution in [3.8, 4) is 5.75 Å². The zero-order chi connectivity index (χ0) is 73.2. The van der Waals surface area contributed by atoms with E-state index >= 15 is 0 Å². The van der Waals surface area contributed by atoms with Gasteiger partial charge in [-0.15, -0.1) is 6.67 Å². The van der Waals surface area contributed by atoms with E-state index in [-0.39, 0.29) is 35.5 Å². The molecule has 8 nitrogen and oxygen atoms in total. The Morgan fingerprint density at radius 1 is 0.394 bits per heavy atom. The summed E-state index contributed by atoms with van der Waals surface area (Å²) in [6.45, 7) is 28.8. The fourth-order valence-electron chi connectivity index (χ4n) is 14.7. The molecule has 0 fully saturated rings. The maximum absolute atomic E-state index is 10.7. The predicted molar refractivity (Wildman–Crippen MR) is 436 cm³/mol. The third kappa shape index (κ3) is 19.3. The van der Waals surface area contributed by atoms with Gasteiger partial charge in [0.1, 0.15) is 0 Å². The molecule has 0 amide bonds. The van der Waals surface area contributed by atoms with Crippen molar-refractivity contribution >= 4 is 52.4 Å². The number of halogens is 2. The van der Waals surface area contributed by atoms with Crippen LogP contribution in [0.15, 0.2) is 298 Å². The average Bonchev–Trinajstić information content (AvgIpc) is 1.12. The third-order valence-electron chi connectivity index (χ3n) is 18.6. The molecular formula is C93H98Cl2N5O3Ru-. The van der Waals surface area contributed by atoms with Crippen molar-refractivity contribution in [3.05, 3.63) is 387 Å². The fraction of sp³-hybridized carbons (Fsp3) is 0.247. The second kappa shape index (κ2) is 36.4. The molecule has 12 rings (SSSR count). The van der Waals surface area contributed by atoms with Gasteiger partial charge in [-0.25, -0.2) is 0 Å². The summed E-state index contributed by atoms with van der Waals surface area (Å²) in [7, 11) is 11.6. The zero-order valence-electron chi connectivity index (χ0n) is 61.5. The summed E-state index contributed by atoms with van der Waals surface area (Å²) in [4.78, 5) is 20.5. The van der Waals surface area contributed by atoms with E-state index in [1.165, 1.54) is 102 Å². The Bertz CT molecular complexity index is 3950. The van der Waals surface area contributed by atoms with Gasteiger partial charge in [0.25, 0.3) is 0 Å². The van der Waals surface area contributed by atoms with Gasteiger partial charge in [-0.3, -0.25) is 0 Å². The van der Waals surface area contributed by atoms with Gasteiger partial charge in [0.15, 0.2) is 0 Å². The third-order valence-corrected chi connectivity index (χ3v) is 20.4. The Hall–Kier alpha value is -9.37. The van der Waals surface area contributed by atoms with Crippen LogP contribution < -0.4 is 24.3 Å². The molecule has 0 atom stereocenters. The van der Waals surface area contributed by atoms with E-state index in [4.69, 9.17) is 24.1 Å². The van der Waals surface area contributed by atoms with E-state index in [1.807, 2.05) is 13.8 Å². The van der Waals surface area contributed by atoms with E-state index < -0.39 is 18.4 Å². The first-order valence-electron chi connectivity index (χ1n) is 36.5. The van der Waals surface area contributed by atoms with Gasteiger partial charge in [0.05, 0.1) is 0 Å². The first kappa shape index (κ1) is 75.8. The van der Waals surface area contributed by atoms with Crippen LogP contribution in [0, 0.1) is 40.5 Å². The number of anilines is 4. The molecule has 0 aromatic heterocycles. The van der Waals surface area contributed by atoms with Crippen LogP contribution >= 0.6 is 19.4 Å². The fourth-order valence-corrected chi connectivity index (χ4v) is 16.4. The molecule has 11 aromatic rings. The standard InChI is InChI=1S/C83H87N4.C10H11NO3.2ClH.Ru/c1-60(2)55-86(56-61(3)4)72-51-74(78(64-33-17-9-18-34-64)65-35-19-10-20-36-65)82(75(52-72)79(66-37-21-11-22-38-66)67-39-23-12-24-40-67)84-49-50-85(59-84)83-76(80(68-41-25-13-26-42-68)69-43-27-14-28-44-69)53-73(87(57-62(5)6)58-63(7)8)54-77(83)81(70-45-29-15-30-46-70)71-47-31-16-32-48-71;1-7(2)14-10-5-4-9(11(12)13)6-8(10)3;;;/h9-54,59-63,78-81H,55-58H2,1-8H3;3-7H,1-2H3;2*1H;/q-1;;;;+2/p-2. The van der Waals surface area contributed by atoms with E-state index in [0.717, 1.165) is 26.2 Å². The first-order chi connectivity index (χ1) is 50.4. The van der Waals surface area contributed by atoms with Gasteiger partial charge in [0, 0.05) is 72.6 Å². The van der Waals surface area contributed by atoms with Gasteiger partial charge in [-0.1, -0.05) is 298 Å². The molecule has 0 saturated heterocycles. The topological polar surface area (TPSA) is 65.3 Å². The van der Waals surface area contributed by atoms with Crippen LogP contribution in [-0.2, 0) is 13.5 Å². The second-order valence-electron chi connectivity index (χ2n) is 29.0. The van der Waals surface area contributed by atoms with E-state index in [1.54, 1.807) is 10.7 Å². The molecule has 0 spiro atoms. The summed E-state index contributed by atoms with van der Waals surface area (Å²) in [6.07, 6.45) is 4.69. The SMILES string of the molecule is CC(C)CN(CC(C)C)c1cc(C(c2ccccc2)c2ccccc2)c(N2C=CN(c3c(C(c4ccccc4)c4ccccc4)cc(N(CC(C)C)CC(C)C)cc3C(c3ccccc3)c3ccccc3)[CH-]2)c(C(c2ccccc2)c2ccccc2)c1.CC(C)Oc1ccc([N+](=O)[O-])cc1[CH]=[Ru]([Cl])[Cl]. The normalized spacial score (nSPS) is 12.3. The molecule has 0 radical (unpaired) electrons. The maximum atomic E-state index is 10.7. The summed E-state index contributed by atoms with van der Waals surface area (Å²) in [5, 5.41) is 10.7. The Labute approximate surface area is 631 Å². The molecule has 536 valence electrons. The monoisotopic (exact) mass is 1500 g/mol. The van der Waals surface area contributed by atoms with E-state index in [9.17, 15) is 10.1 Å². The number of hydrogen-bond donors (Lipinski definition) is 0. The van der Waals surface area contributed by atoms with Crippen LogP contribution in [0.3, 0.4) is 0 Å². The molecule has 0 saturated carbocycles. The van der Waals surface area contributed by atoms with Crippen LogP contribution in [0.5, 0.6) is 5.75 Å². The molecule has 11 heteroatoms. The van der Waals surface area contributed by atoms with Crippen LogP contribution in [0.25, 0.3) is 0 Å². The summed E-state index contributed by atoms with van der Waals surface area (Å²) < 4.78 is 7.17. The summed E-state index contributed by atoms with van der Waals surface area (Å²) >= 11 is -2.05. The molecule has 0 unspecified atom stereocenters. The van der Waals surface area contributed by atoms with Crippen molar-refractivity contribution in [2.24, 2.45) is 23.7 Å². The second-order valence-corrected chi connectivity index (χ2v) is 34.8. The number of benzene rings is 11. The number of rotatable bonds is 28. The molecular weight excluding hydrogens is 1410 g/mol. The number of ether oxygens (including phenoxy) is 1. The zero-order valence-corrected chi connectivity index (χ0v) is 64.8. The van der Waals surface area contributed by atoms with E-state index in [2.05, 4.69) is 361 Å². The van der Waals surface area contributed by atoms with Crippen LogP contribution in [0.4, 0.5) is 28.4 Å². The molecule has 1 aliphatic heterocycles. The van der Waals surface area contributed by atoms with Gasteiger partial charge < -0.3 is 19.6 Å². The number of nitro groups is 1. The molecule has 11 aromatic carbocycles. The Kier molecular flexibility index (Phi) is 26.5. The van der Waals surface area contributed by atoms with Crippen molar-refractivity contribution in [2.45, 2.75) is 99.0 Å². The Morgan fingerprint density at radius 3 is 0.856 bits per heavy atom. The molecule has 104 heavy (non-hydrogen) atoms. The van der Waals surface area contributed by atoms with Crippen molar-refractivity contribution in [1.82, 2.24) is 0 Å². The quantitative estimate of drug-likeness (QED) is 0.0159. The molecule has 1 aliphatic rings. The number of hydrogen-bond acceptors (Lipinski definition) is 7.